The van der Waals surface area contributed by atoms with Crippen LogP contribution in [0.25, 0.3) is 5.57 Å². The minimum atomic E-state index is -3.57. The molecule has 0 aliphatic carbocycles. The number of fused-ring (bicyclic) bond motifs is 1. The van der Waals surface area contributed by atoms with Crippen molar-refractivity contribution in [2.24, 2.45) is 0 Å². The first-order chi connectivity index (χ1) is 6.93. The Morgan fingerprint density at radius 1 is 1.33 bits per heavy atom. The Labute approximate surface area is 86.8 Å². The van der Waals surface area contributed by atoms with E-state index in [-0.39, 0.29) is 16.0 Å². The van der Waals surface area contributed by atoms with E-state index in [2.05, 4.69) is 0 Å². The summed E-state index contributed by atoms with van der Waals surface area (Å²) in [4.78, 5) is 10.9. The molecule has 2 rings (SSSR count). The van der Waals surface area contributed by atoms with E-state index in [0.717, 1.165) is 5.41 Å². The van der Waals surface area contributed by atoms with Crippen LogP contribution < -0.4 is 0 Å². The lowest BCUT2D eigenvalue weighted by Gasteiger charge is -2.03. The number of carbonyl (C=O) groups is 1. The first kappa shape index (κ1) is 9.92. The molecule has 15 heavy (non-hydrogen) atoms. The molecule has 0 saturated carbocycles. The zero-order valence-corrected chi connectivity index (χ0v) is 8.71. The van der Waals surface area contributed by atoms with E-state index >= 15 is 0 Å². The number of hydrogen-bond acceptors (Lipinski definition) is 3. The van der Waals surface area contributed by atoms with Gasteiger partial charge in [-0.3, -0.25) is 0 Å². The largest absolute Gasteiger partial charge is 0.478 e. The van der Waals surface area contributed by atoms with Gasteiger partial charge in [-0.1, -0.05) is 18.2 Å². The number of aryl methyl sites for hydroxylation is 1. The van der Waals surface area contributed by atoms with Gasteiger partial charge in [0, 0.05) is 5.56 Å². The molecule has 1 aromatic carbocycles. The summed E-state index contributed by atoms with van der Waals surface area (Å²) >= 11 is 0. The molecule has 0 spiro atoms. The third-order valence-corrected chi connectivity index (χ3v) is 3.95. The second-order valence-corrected chi connectivity index (χ2v) is 5.07. The lowest BCUT2D eigenvalue weighted by Crippen LogP contribution is -1.98. The van der Waals surface area contributed by atoms with E-state index in [0.29, 0.717) is 5.56 Å². The van der Waals surface area contributed by atoms with Gasteiger partial charge in [0.25, 0.3) is 0 Å². The molecule has 0 aromatic heterocycles. The van der Waals surface area contributed by atoms with Gasteiger partial charge in [-0.15, -0.1) is 0 Å². The van der Waals surface area contributed by atoms with Crippen molar-refractivity contribution < 1.29 is 18.3 Å². The maximum Gasteiger partial charge on any atom is 0.337 e. The van der Waals surface area contributed by atoms with Crippen molar-refractivity contribution in [3.8, 4) is 0 Å². The van der Waals surface area contributed by atoms with E-state index < -0.39 is 15.8 Å². The Balaban J connectivity index is 2.85. The average molecular weight is 224 g/mol. The van der Waals surface area contributed by atoms with E-state index in [1.807, 2.05) is 0 Å². The molecular weight excluding hydrogens is 216 g/mol. The number of hydrogen-bond donors (Lipinski definition) is 1. The van der Waals surface area contributed by atoms with Crippen LogP contribution in [0, 0.1) is 6.92 Å². The molecule has 1 aromatic rings. The van der Waals surface area contributed by atoms with Crippen molar-refractivity contribution in [3.63, 3.8) is 0 Å². The Hall–Kier alpha value is -1.62. The summed E-state index contributed by atoms with van der Waals surface area (Å²) in [6.07, 6.45) is 0. The van der Waals surface area contributed by atoms with E-state index in [1.165, 1.54) is 6.07 Å². The topological polar surface area (TPSA) is 71.4 Å². The quantitative estimate of drug-likeness (QED) is 0.778. The smallest absolute Gasteiger partial charge is 0.337 e. The van der Waals surface area contributed by atoms with Gasteiger partial charge in [0.1, 0.15) is 0 Å². The summed E-state index contributed by atoms with van der Waals surface area (Å²) in [5, 5.41) is 9.66. The molecule has 5 heteroatoms. The summed E-state index contributed by atoms with van der Waals surface area (Å²) < 4.78 is 23.3. The van der Waals surface area contributed by atoms with Crippen LogP contribution in [0.15, 0.2) is 28.5 Å². The Morgan fingerprint density at radius 3 is 2.60 bits per heavy atom. The highest BCUT2D eigenvalue weighted by atomic mass is 32.2. The van der Waals surface area contributed by atoms with Crippen LogP contribution in [0.4, 0.5) is 0 Å². The monoisotopic (exact) mass is 224 g/mol. The predicted molar refractivity (Wildman–Crippen MR) is 54.0 cm³/mol. The normalized spacial score (nSPS) is 17.0. The van der Waals surface area contributed by atoms with Gasteiger partial charge in [0.05, 0.1) is 15.9 Å². The highest BCUT2D eigenvalue weighted by Crippen LogP contribution is 2.35. The number of carboxylic acid groups (broad SMARTS) is 1. The zero-order chi connectivity index (χ0) is 11.2. The van der Waals surface area contributed by atoms with Gasteiger partial charge in [-0.05, 0) is 12.5 Å². The van der Waals surface area contributed by atoms with Crippen molar-refractivity contribution >= 4 is 21.4 Å². The fourth-order valence-electron chi connectivity index (χ4n) is 1.69. The Bertz CT molecular complexity index is 581. The van der Waals surface area contributed by atoms with Gasteiger partial charge in [0.2, 0.25) is 9.84 Å². The lowest BCUT2D eigenvalue weighted by molar-refractivity contribution is -0.130. The summed E-state index contributed by atoms with van der Waals surface area (Å²) in [5.74, 6) is -1.22. The van der Waals surface area contributed by atoms with Crippen LogP contribution in [-0.4, -0.2) is 19.5 Å². The van der Waals surface area contributed by atoms with E-state index in [1.54, 1.807) is 19.1 Å². The summed E-state index contributed by atoms with van der Waals surface area (Å²) in [6.45, 7) is 1.65. The lowest BCUT2D eigenvalue weighted by atomic mass is 10.1. The van der Waals surface area contributed by atoms with Gasteiger partial charge in [-0.25, -0.2) is 13.2 Å². The third kappa shape index (κ3) is 1.35. The van der Waals surface area contributed by atoms with Crippen molar-refractivity contribution in [3.05, 3.63) is 34.7 Å². The van der Waals surface area contributed by atoms with Crippen LogP contribution in [0.1, 0.15) is 11.1 Å². The molecule has 0 saturated heterocycles. The van der Waals surface area contributed by atoms with Crippen molar-refractivity contribution in [2.75, 3.05) is 0 Å². The highest BCUT2D eigenvalue weighted by Gasteiger charge is 2.31. The molecule has 0 bridgehead atoms. The second kappa shape index (κ2) is 2.93. The van der Waals surface area contributed by atoms with Crippen LogP contribution in [-0.2, 0) is 14.6 Å². The van der Waals surface area contributed by atoms with Gasteiger partial charge in [-0.2, -0.15) is 0 Å². The first-order valence-corrected chi connectivity index (χ1v) is 5.78. The van der Waals surface area contributed by atoms with Crippen LogP contribution in [0.5, 0.6) is 0 Å². The fourth-order valence-corrected chi connectivity index (χ4v) is 3.34. The summed E-state index contributed by atoms with van der Waals surface area (Å²) in [5.41, 5.74) is 0.691. The average Bonchev–Trinajstić information content (AvgIpc) is 2.39. The SMILES string of the molecule is Cc1cccc2c1S(=O)(=O)C=C2C(=O)O. The van der Waals surface area contributed by atoms with Gasteiger partial charge >= 0.3 is 5.97 Å². The van der Waals surface area contributed by atoms with Crippen LogP contribution in [0.3, 0.4) is 0 Å². The maximum atomic E-state index is 11.6. The maximum absolute atomic E-state index is 11.6. The molecule has 0 unspecified atom stereocenters. The van der Waals surface area contributed by atoms with Crippen molar-refractivity contribution in [1.82, 2.24) is 0 Å². The molecule has 1 heterocycles. The molecule has 0 atom stereocenters. The van der Waals surface area contributed by atoms with Crippen LogP contribution in [0.2, 0.25) is 0 Å². The summed E-state index contributed by atoms with van der Waals surface area (Å²) in [7, 11) is -3.57. The first-order valence-electron chi connectivity index (χ1n) is 4.23. The number of sulfone groups is 1. The predicted octanol–water partition coefficient (Wildman–Crippen LogP) is 1.21. The number of benzene rings is 1. The molecule has 4 nitrogen and oxygen atoms in total. The minimum Gasteiger partial charge on any atom is -0.478 e. The molecule has 78 valence electrons. The standard InChI is InChI=1S/C10H8O4S/c1-6-3-2-4-7-8(10(11)12)5-15(13,14)9(6)7/h2-5H,1H3,(H,11,12). The molecule has 0 fully saturated rings. The van der Waals surface area contributed by atoms with E-state index in [9.17, 15) is 13.2 Å². The molecule has 1 aliphatic rings. The van der Waals surface area contributed by atoms with Crippen LogP contribution >= 0.6 is 0 Å². The zero-order valence-electron chi connectivity index (χ0n) is 7.89. The second-order valence-electron chi connectivity index (χ2n) is 3.33. The molecule has 0 amide bonds. The van der Waals surface area contributed by atoms with Gasteiger partial charge < -0.3 is 5.11 Å². The third-order valence-electron chi connectivity index (χ3n) is 2.29. The summed E-state index contributed by atoms with van der Waals surface area (Å²) in [6, 6.07) is 4.80. The van der Waals surface area contributed by atoms with E-state index in [4.69, 9.17) is 5.11 Å². The number of rotatable bonds is 1. The minimum absolute atomic E-state index is 0.113. The van der Waals surface area contributed by atoms with Crippen molar-refractivity contribution in [1.29, 1.82) is 0 Å². The number of carboxylic acids is 1. The molecule has 1 N–H and O–H groups in total. The molecule has 1 aliphatic heterocycles. The molecule has 0 radical (unpaired) electrons. The Morgan fingerprint density at radius 2 is 2.00 bits per heavy atom. The highest BCUT2D eigenvalue weighted by molar-refractivity contribution is 7.95. The van der Waals surface area contributed by atoms with Gasteiger partial charge in [0.15, 0.2) is 0 Å². The van der Waals surface area contributed by atoms with Crippen molar-refractivity contribution in [2.45, 2.75) is 11.8 Å². The Kier molecular flexibility index (Phi) is 1.94. The fraction of sp³-hybridized carbons (Fsp3) is 0.100. The number of aliphatic carboxylic acids is 1. The molecular formula is C10H8O4S.